The van der Waals surface area contributed by atoms with E-state index in [1.54, 1.807) is 24.3 Å². The van der Waals surface area contributed by atoms with Crippen LogP contribution in [0.5, 0.6) is 0 Å². The van der Waals surface area contributed by atoms with Gasteiger partial charge in [-0.3, -0.25) is 9.59 Å². The Hall–Kier alpha value is -1.64. The first-order chi connectivity index (χ1) is 14.6. The molecule has 1 aliphatic rings. The van der Waals surface area contributed by atoms with E-state index in [0.29, 0.717) is 12.0 Å². The minimum atomic E-state index is -0.276. The number of ketones is 1. The highest BCUT2D eigenvalue weighted by Gasteiger charge is 2.11. The summed E-state index contributed by atoms with van der Waals surface area (Å²) in [5.41, 5.74) is 0.581. The van der Waals surface area contributed by atoms with Crippen LogP contribution in [0, 0.1) is 5.89 Å². The fourth-order valence-corrected chi connectivity index (χ4v) is 4.11. The van der Waals surface area contributed by atoms with Gasteiger partial charge < -0.3 is 4.74 Å². The zero-order valence-corrected chi connectivity index (χ0v) is 18.1. The van der Waals surface area contributed by atoms with E-state index in [0.717, 1.165) is 38.5 Å². The number of unbranched alkanes of at least 4 members (excludes halogenated alkanes) is 7. The second kappa shape index (κ2) is 15.2. The second-order valence-electron chi connectivity index (χ2n) is 8.44. The van der Waals surface area contributed by atoms with Crippen LogP contribution in [0.2, 0.25) is 0 Å². The molecule has 0 spiro atoms. The first kappa shape index (κ1) is 22.1. The number of hydrogen-bond donors (Lipinski definition) is 0. The van der Waals surface area contributed by atoms with Crippen LogP contribution in [-0.2, 0) is 9.53 Å². The van der Waals surface area contributed by atoms with Crippen LogP contribution in [0.3, 0.4) is 0 Å². The Morgan fingerprint density at radius 1 is 0.828 bits per heavy atom. The second-order valence-corrected chi connectivity index (χ2v) is 8.44. The lowest BCUT2D eigenvalue weighted by molar-refractivity contribution is -0.142. The standard InChI is InChI=1S/C26H40O3/c27-25(24-19-13-9-14-20-24)22-29-26(28)21-15-6-4-2-1-3-5-10-16-23-17-11-7-8-12-18-23/h9,13-14,19-20,23H,1-8,10-12,15-18,21-22H2/i16+1,23D. The topological polar surface area (TPSA) is 43.4 Å². The molecule has 0 bridgehead atoms. The van der Waals surface area contributed by atoms with Gasteiger partial charge in [0.2, 0.25) is 0 Å². The van der Waals surface area contributed by atoms with E-state index in [1.165, 1.54) is 57.8 Å². The van der Waals surface area contributed by atoms with Gasteiger partial charge >= 0.3 is 5.97 Å². The summed E-state index contributed by atoms with van der Waals surface area (Å²) >= 11 is 0. The van der Waals surface area contributed by atoms with Gasteiger partial charge in [-0.05, 0) is 12.3 Å². The number of esters is 1. The van der Waals surface area contributed by atoms with Crippen molar-refractivity contribution in [3.05, 3.63) is 35.9 Å². The van der Waals surface area contributed by atoms with Crippen LogP contribution in [-0.4, -0.2) is 18.4 Å². The minimum absolute atomic E-state index is 0.128. The third kappa shape index (κ3) is 11.2. The van der Waals surface area contributed by atoms with E-state index < -0.39 is 0 Å². The molecule has 3 heteroatoms. The summed E-state index contributed by atoms with van der Waals surface area (Å²) in [6.45, 7) is -0.164. The number of ether oxygens (including phenoxy) is 1. The smallest absolute Gasteiger partial charge is 0.306 e. The van der Waals surface area contributed by atoms with Crippen molar-refractivity contribution in [2.45, 2.75) is 103 Å². The SMILES string of the molecule is [2H]C1([13CH2]CCCCCCCCCC(=O)OCC(=O)c2ccccc2)CCCCCC1. The number of carbonyl (C=O) groups is 2. The molecule has 0 aliphatic heterocycles. The molecule has 1 aromatic carbocycles. The lowest BCUT2D eigenvalue weighted by Crippen LogP contribution is -2.13. The largest absolute Gasteiger partial charge is 0.457 e. The molecule has 1 fully saturated rings. The van der Waals surface area contributed by atoms with E-state index in [2.05, 4.69) is 0 Å². The number of Topliss-reactive ketones (excluding diaryl/α,β-unsaturated/α-hetero) is 1. The van der Waals surface area contributed by atoms with Gasteiger partial charge in [0, 0.05) is 13.4 Å². The Bertz CT molecular complexity index is 606. The van der Waals surface area contributed by atoms with Crippen molar-refractivity contribution in [2.24, 2.45) is 5.89 Å². The minimum Gasteiger partial charge on any atom is -0.457 e. The van der Waals surface area contributed by atoms with E-state index >= 15 is 0 Å². The van der Waals surface area contributed by atoms with Crippen LogP contribution in [0.25, 0.3) is 0 Å². The summed E-state index contributed by atoms with van der Waals surface area (Å²) in [6, 6.07) is 8.93. The van der Waals surface area contributed by atoms with Gasteiger partial charge in [0.05, 0.1) is 0 Å². The molecule has 0 aromatic heterocycles. The maximum absolute atomic E-state index is 11.9. The fraction of sp³-hybridized carbons (Fsp3) is 0.692. The highest BCUT2D eigenvalue weighted by atomic mass is 16.5. The van der Waals surface area contributed by atoms with Crippen molar-refractivity contribution in [1.82, 2.24) is 0 Å². The molecule has 1 saturated carbocycles. The van der Waals surface area contributed by atoms with Crippen LogP contribution in [0.1, 0.15) is 114 Å². The molecular weight excluding hydrogens is 361 g/mol. The molecule has 0 heterocycles. The molecule has 0 N–H and O–H groups in total. The average Bonchev–Trinajstić information content (AvgIpc) is 2.98. The Labute approximate surface area is 179 Å². The summed E-state index contributed by atoms with van der Waals surface area (Å²) in [6.07, 6.45) is 18.1. The van der Waals surface area contributed by atoms with Crippen molar-refractivity contribution in [3.63, 3.8) is 0 Å². The molecule has 1 aromatic rings. The van der Waals surface area contributed by atoms with Crippen molar-refractivity contribution in [2.75, 3.05) is 6.61 Å². The Morgan fingerprint density at radius 2 is 1.41 bits per heavy atom. The van der Waals surface area contributed by atoms with Crippen molar-refractivity contribution in [3.8, 4) is 0 Å². The molecule has 0 unspecified atom stereocenters. The van der Waals surface area contributed by atoms with E-state index in [9.17, 15) is 9.59 Å². The third-order valence-corrected chi connectivity index (χ3v) is 5.93. The number of benzene rings is 1. The highest BCUT2D eigenvalue weighted by Crippen LogP contribution is 2.27. The number of rotatable bonds is 14. The monoisotopic (exact) mass is 402 g/mol. The Morgan fingerprint density at radius 3 is 2.07 bits per heavy atom. The highest BCUT2D eigenvalue weighted by molar-refractivity contribution is 5.97. The number of carbonyl (C=O) groups excluding carboxylic acids is 2. The van der Waals surface area contributed by atoms with E-state index in [-0.39, 0.29) is 24.3 Å². The zero-order chi connectivity index (χ0) is 21.5. The van der Waals surface area contributed by atoms with Crippen LogP contribution < -0.4 is 0 Å². The molecule has 3 nitrogen and oxygen atoms in total. The van der Waals surface area contributed by atoms with Crippen molar-refractivity contribution < 1.29 is 15.7 Å². The van der Waals surface area contributed by atoms with E-state index in [1.807, 2.05) is 6.07 Å². The summed E-state index contributed by atoms with van der Waals surface area (Å²) in [5, 5.41) is 0. The third-order valence-electron chi connectivity index (χ3n) is 5.93. The normalized spacial score (nSPS) is 16.6. The van der Waals surface area contributed by atoms with E-state index in [4.69, 9.17) is 6.11 Å². The van der Waals surface area contributed by atoms with Gasteiger partial charge in [-0.1, -0.05) is 120 Å². The molecule has 1 aliphatic carbocycles. The fourth-order valence-electron chi connectivity index (χ4n) is 4.11. The Balaban J connectivity index is 1.39. The lowest BCUT2D eigenvalue weighted by atomic mass is 10.0. The predicted octanol–water partition coefficient (Wildman–Crippen LogP) is 7.28. The van der Waals surface area contributed by atoms with Crippen molar-refractivity contribution in [1.29, 1.82) is 0 Å². The van der Waals surface area contributed by atoms with Gasteiger partial charge in [-0.15, -0.1) is 0 Å². The summed E-state index contributed by atoms with van der Waals surface area (Å²) in [7, 11) is 0. The quantitative estimate of drug-likeness (QED) is 0.108. The summed E-state index contributed by atoms with van der Waals surface area (Å²) in [5.74, 6) is -0.557. The summed E-state index contributed by atoms with van der Waals surface area (Å²) < 4.78 is 13.7. The van der Waals surface area contributed by atoms with Gasteiger partial charge in [-0.2, -0.15) is 0 Å². The molecule has 0 amide bonds. The lowest BCUT2D eigenvalue weighted by Gasteiger charge is -2.13. The maximum atomic E-state index is 11.9. The zero-order valence-electron chi connectivity index (χ0n) is 19.1. The first-order valence-corrected chi connectivity index (χ1v) is 11.8. The molecule has 0 saturated heterocycles. The molecule has 0 radical (unpaired) electrons. The van der Waals surface area contributed by atoms with Crippen LogP contribution >= 0.6 is 0 Å². The molecule has 2 rings (SSSR count). The maximum Gasteiger partial charge on any atom is 0.306 e. The molecule has 162 valence electrons. The molecule has 0 atom stereocenters. The molecular formula is C26H40O3. The van der Waals surface area contributed by atoms with Crippen LogP contribution in [0.4, 0.5) is 0 Å². The van der Waals surface area contributed by atoms with Gasteiger partial charge in [0.1, 0.15) is 0 Å². The summed E-state index contributed by atoms with van der Waals surface area (Å²) in [4.78, 5) is 23.7. The van der Waals surface area contributed by atoms with Gasteiger partial charge in [-0.25, -0.2) is 0 Å². The Kier molecular flexibility index (Phi) is 11.6. The van der Waals surface area contributed by atoms with Gasteiger partial charge in [0.25, 0.3) is 0 Å². The van der Waals surface area contributed by atoms with Crippen molar-refractivity contribution >= 4 is 11.8 Å². The van der Waals surface area contributed by atoms with Gasteiger partial charge in [0.15, 0.2) is 12.4 Å². The van der Waals surface area contributed by atoms with Crippen LogP contribution in [0.15, 0.2) is 30.3 Å². The average molecular weight is 403 g/mol. The molecule has 29 heavy (non-hydrogen) atoms. The number of hydrogen-bond acceptors (Lipinski definition) is 3. The first-order valence-electron chi connectivity index (χ1n) is 12.3. The predicted molar refractivity (Wildman–Crippen MR) is 119 cm³/mol.